The third-order valence-electron chi connectivity index (χ3n) is 7.98. The highest BCUT2D eigenvalue weighted by atomic mass is 16.5. The fourth-order valence-corrected chi connectivity index (χ4v) is 5.26. The van der Waals surface area contributed by atoms with Gasteiger partial charge in [-0.05, 0) is 60.8 Å². The smallest absolute Gasteiger partial charge is 0.316 e. The first-order valence-corrected chi connectivity index (χ1v) is 14.8. The van der Waals surface area contributed by atoms with Crippen molar-refractivity contribution in [1.29, 1.82) is 0 Å². The van der Waals surface area contributed by atoms with Crippen molar-refractivity contribution in [3.8, 4) is 5.75 Å². The molecule has 1 aromatic carbocycles. The number of carbonyl (C=O) groups is 6. The second-order valence-corrected chi connectivity index (χ2v) is 12.9. The molecular weight excluding hydrogens is 554 g/mol. The summed E-state index contributed by atoms with van der Waals surface area (Å²) in [7, 11) is 1.53. The van der Waals surface area contributed by atoms with Gasteiger partial charge in [0.05, 0.1) is 19.2 Å². The number of urea groups is 1. The van der Waals surface area contributed by atoms with Gasteiger partial charge in [0.15, 0.2) is 5.78 Å². The molecule has 1 saturated heterocycles. The van der Waals surface area contributed by atoms with E-state index in [1.807, 2.05) is 13.8 Å². The molecular formula is C31H45N5O7. The maximum Gasteiger partial charge on any atom is 0.316 e. The summed E-state index contributed by atoms with van der Waals surface area (Å²) in [4.78, 5) is 79.1. The van der Waals surface area contributed by atoms with Crippen LogP contribution in [0.5, 0.6) is 5.75 Å². The second kappa shape index (κ2) is 14.0. The number of ether oxygens (including phenoxy) is 1. The van der Waals surface area contributed by atoms with Gasteiger partial charge < -0.3 is 31.3 Å². The Morgan fingerprint density at radius 2 is 1.60 bits per heavy atom. The van der Waals surface area contributed by atoms with Crippen LogP contribution in [-0.2, 0) is 19.2 Å². The van der Waals surface area contributed by atoms with Crippen molar-refractivity contribution in [2.24, 2.45) is 23.0 Å². The van der Waals surface area contributed by atoms with Gasteiger partial charge in [-0.1, -0.05) is 47.5 Å². The highest BCUT2D eigenvalue weighted by Crippen LogP contribution is 2.34. The lowest BCUT2D eigenvalue weighted by Gasteiger charge is -2.36. The lowest BCUT2D eigenvalue weighted by Crippen LogP contribution is -2.61. The molecule has 0 radical (unpaired) electrons. The van der Waals surface area contributed by atoms with Crippen LogP contribution in [0.3, 0.4) is 0 Å². The molecule has 1 aliphatic heterocycles. The lowest BCUT2D eigenvalue weighted by molar-refractivity contribution is -0.143. The van der Waals surface area contributed by atoms with E-state index in [0.717, 1.165) is 12.8 Å². The van der Waals surface area contributed by atoms with Crippen LogP contribution in [0.1, 0.15) is 77.1 Å². The highest BCUT2D eigenvalue weighted by molar-refractivity contribution is 6.37. The summed E-state index contributed by atoms with van der Waals surface area (Å²) < 4.78 is 5.15. The molecule has 43 heavy (non-hydrogen) atoms. The van der Waals surface area contributed by atoms with Crippen molar-refractivity contribution in [3.63, 3.8) is 0 Å². The number of hydrogen-bond donors (Lipinski definition) is 4. The molecule has 1 aliphatic carbocycles. The average molecular weight is 600 g/mol. The molecule has 2 aliphatic rings. The van der Waals surface area contributed by atoms with E-state index in [2.05, 4.69) is 16.0 Å². The molecule has 4 unspecified atom stereocenters. The van der Waals surface area contributed by atoms with Crippen molar-refractivity contribution in [1.82, 2.24) is 20.9 Å². The van der Waals surface area contributed by atoms with Crippen LogP contribution in [0, 0.1) is 17.3 Å². The number of ketones is 2. The van der Waals surface area contributed by atoms with E-state index in [0.29, 0.717) is 30.6 Å². The quantitative estimate of drug-likeness (QED) is 0.198. The number of carbonyl (C=O) groups excluding carboxylic acids is 6. The maximum atomic E-state index is 13.9. The molecule has 4 atom stereocenters. The van der Waals surface area contributed by atoms with E-state index < -0.39 is 59.1 Å². The molecule has 1 aromatic rings. The van der Waals surface area contributed by atoms with Gasteiger partial charge in [-0.3, -0.25) is 24.0 Å². The molecule has 3 rings (SSSR count). The number of benzene rings is 1. The molecule has 5 N–H and O–H groups in total. The number of rotatable bonds is 13. The number of nitrogens with one attached hydrogen (secondary N) is 3. The number of hydrogen-bond acceptors (Lipinski definition) is 7. The number of nitrogens with two attached hydrogens (primary N) is 1. The van der Waals surface area contributed by atoms with Gasteiger partial charge >= 0.3 is 6.03 Å². The Morgan fingerprint density at radius 3 is 2.12 bits per heavy atom. The van der Waals surface area contributed by atoms with Gasteiger partial charge in [0.1, 0.15) is 17.8 Å². The Hall–Kier alpha value is -3.96. The minimum absolute atomic E-state index is 0.245. The Labute approximate surface area is 252 Å². The van der Waals surface area contributed by atoms with Crippen LogP contribution in [0.15, 0.2) is 24.3 Å². The fraction of sp³-hybridized carbons (Fsp3) is 0.613. The summed E-state index contributed by atoms with van der Waals surface area (Å²) >= 11 is 0. The van der Waals surface area contributed by atoms with Gasteiger partial charge in [0.25, 0.3) is 5.91 Å². The van der Waals surface area contributed by atoms with Crippen LogP contribution in [-0.4, -0.2) is 78.0 Å². The Morgan fingerprint density at radius 1 is 0.977 bits per heavy atom. The zero-order chi connectivity index (χ0) is 32.1. The van der Waals surface area contributed by atoms with Crippen LogP contribution < -0.4 is 26.4 Å². The minimum atomic E-state index is -1.11. The SMILES string of the molecule is COc1ccc(C(=O)C(NC(=O)NC(C(=O)N2CCCC2C(=O)NC(CC2CC2)C(=O)C(N)=O)C(C)(C)C)C(C)C)cc1. The number of methoxy groups -OCH3 is 1. The van der Waals surface area contributed by atoms with Gasteiger partial charge in [-0.25, -0.2) is 4.79 Å². The normalized spacial score (nSPS) is 18.8. The summed E-state index contributed by atoms with van der Waals surface area (Å²) in [6.45, 7) is 9.29. The van der Waals surface area contributed by atoms with E-state index in [9.17, 15) is 28.8 Å². The molecule has 236 valence electrons. The van der Waals surface area contributed by atoms with Gasteiger partial charge in [0.2, 0.25) is 17.6 Å². The number of Topliss-reactive ketones (excluding diaryl/α,β-unsaturated/α-hetero) is 2. The monoisotopic (exact) mass is 599 g/mol. The van der Waals surface area contributed by atoms with Crippen molar-refractivity contribution >= 4 is 35.3 Å². The summed E-state index contributed by atoms with van der Waals surface area (Å²) in [6, 6.07) is 2.10. The predicted molar refractivity (Wildman–Crippen MR) is 159 cm³/mol. The number of primary amides is 1. The van der Waals surface area contributed by atoms with E-state index in [1.165, 1.54) is 12.0 Å². The van der Waals surface area contributed by atoms with Gasteiger partial charge in [0, 0.05) is 12.1 Å². The van der Waals surface area contributed by atoms with E-state index in [-0.39, 0.29) is 24.2 Å². The third kappa shape index (κ3) is 8.77. The van der Waals surface area contributed by atoms with E-state index in [1.54, 1.807) is 45.0 Å². The summed E-state index contributed by atoms with van der Waals surface area (Å²) in [5, 5.41) is 8.15. The molecule has 0 spiro atoms. The standard InChI is InChI=1S/C31H45N5O7/c1-17(2)23(24(37)19-11-13-20(43-6)14-12-19)34-30(42)35-26(31(3,4)5)29(41)36-15-7-8-22(36)28(40)33-21(16-18-9-10-18)25(38)27(32)39/h11-14,17-18,21-23,26H,7-10,15-16H2,1-6H3,(H2,32,39)(H,33,40)(H2,34,35,42). The molecule has 12 heteroatoms. The summed E-state index contributed by atoms with van der Waals surface area (Å²) in [5.41, 5.74) is 4.87. The number of amides is 5. The Bertz CT molecular complexity index is 1220. The Kier molecular flexibility index (Phi) is 10.9. The van der Waals surface area contributed by atoms with Crippen LogP contribution in [0.2, 0.25) is 0 Å². The van der Waals surface area contributed by atoms with Crippen molar-refractivity contribution in [2.45, 2.75) is 90.9 Å². The topological polar surface area (TPSA) is 177 Å². The largest absolute Gasteiger partial charge is 0.497 e. The van der Waals surface area contributed by atoms with Gasteiger partial charge in [-0.15, -0.1) is 0 Å². The molecule has 0 bridgehead atoms. The molecule has 2 fully saturated rings. The fourth-order valence-electron chi connectivity index (χ4n) is 5.26. The Balaban J connectivity index is 1.73. The second-order valence-electron chi connectivity index (χ2n) is 12.9. The van der Waals surface area contributed by atoms with E-state index in [4.69, 9.17) is 10.5 Å². The summed E-state index contributed by atoms with van der Waals surface area (Å²) in [6.07, 6.45) is 3.07. The van der Waals surface area contributed by atoms with Crippen LogP contribution in [0.4, 0.5) is 4.79 Å². The zero-order valence-corrected chi connectivity index (χ0v) is 25.9. The predicted octanol–water partition coefficient (Wildman–Crippen LogP) is 1.95. The summed E-state index contributed by atoms with van der Waals surface area (Å²) in [5.74, 6) is -2.65. The zero-order valence-electron chi connectivity index (χ0n) is 25.9. The van der Waals surface area contributed by atoms with Crippen molar-refractivity contribution in [3.05, 3.63) is 29.8 Å². The third-order valence-corrected chi connectivity index (χ3v) is 7.98. The first kappa shape index (κ1) is 33.5. The molecule has 1 heterocycles. The molecule has 5 amide bonds. The first-order valence-electron chi connectivity index (χ1n) is 14.8. The highest BCUT2D eigenvalue weighted by Gasteiger charge is 2.43. The van der Waals surface area contributed by atoms with Crippen LogP contribution in [0.25, 0.3) is 0 Å². The van der Waals surface area contributed by atoms with E-state index >= 15 is 0 Å². The maximum absolute atomic E-state index is 13.9. The van der Waals surface area contributed by atoms with Crippen LogP contribution >= 0.6 is 0 Å². The lowest BCUT2D eigenvalue weighted by atomic mass is 9.85. The van der Waals surface area contributed by atoms with Crippen molar-refractivity contribution in [2.75, 3.05) is 13.7 Å². The van der Waals surface area contributed by atoms with Crippen molar-refractivity contribution < 1.29 is 33.5 Å². The molecule has 1 saturated carbocycles. The minimum Gasteiger partial charge on any atom is -0.497 e. The number of nitrogens with zero attached hydrogens (tertiary/aromatic N) is 1. The molecule has 0 aromatic heterocycles. The van der Waals surface area contributed by atoms with Gasteiger partial charge in [-0.2, -0.15) is 0 Å². The first-order chi connectivity index (χ1) is 20.1. The number of likely N-dealkylation sites (tertiary alicyclic amines) is 1. The average Bonchev–Trinajstić information content (AvgIpc) is 3.63. The molecule has 12 nitrogen and oxygen atoms in total.